The van der Waals surface area contributed by atoms with Gasteiger partial charge in [0.15, 0.2) is 0 Å². The Morgan fingerprint density at radius 1 is 1.39 bits per heavy atom. The van der Waals surface area contributed by atoms with Crippen molar-refractivity contribution in [3.8, 4) is 0 Å². The van der Waals surface area contributed by atoms with E-state index in [2.05, 4.69) is 38.9 Å². The Hall–Kier alpha value is -0.710. The third kappa shape index (κ3) is 2.82. The van der Waals surface area contributed by atoms with Crippen molar-refractivity contribution in [1.29, 1.82) is 0 Å². The highest BCUT2D eigenvalue weighted by molar-refractivity contribution is 9.10. The normalized spacial score (nSPS) is 12.7. The van der Waals surface area contributed by atoms with Crippen LogP contribution >= 0.6 is 27.3 Å². The Morgan fingerprint density at radius 2 is 2.17 bits per heavy atom. The third-order valence-electron chi connectivity index (χ3n) is 2.88. The lowest BCUT2D eigenvalue weighted by Gasteiger charge is -2.19. The highest BCUT2D eigenvalue weighted by Gasteiger charge is 2.17. The minimum Gasteiger partial charge on any atom is -0.306 e. The van der Waals surface area contributed by atoms with E-state index in [0.717, 1.165) is 16.6 Å². The van der Waals surface area contributed by atoms with Crippen LogP contribution in [0.1, 0.15) is 29.7 Å². The molecule has 0 radical (unpaired) electrons. The predicted octanol–water partition coefficient (Wildman–Crippen LogP) is 4.66. The minimum absolute atomic E-state index is 0.106. The largest absolute Gasteiger partial charge is 0.306 e. The number of aryl methyl sites for hydroxylation is 1. The standard InChI is InChI=1S/C14H15BrFNS/c1-3-17-14(11-7-18-8-12(11)15)10-4-5-13(16)9(2)6-10/h4-8,14,17H,3H2,1-2H3. The van der Waals surface area contributed by atoms with Crippen LogP contribution in [0.25, 0.3) is 0 Å². The Labute approximate surface area is 119 Å². The molecule has 96 valence electrons. The van der Waals surface area contributed by atoms with Crippen LogP contribution in [0, 0.1) is 12.7 Å². The summed E-state index contributed by atoms with van der Waals surface area (Å²) in [4.78, 5) is 0. The summed E-state index contributed by atoms with van der Waals surface area (Å²) in [5, 5.41) is 7.63. The Bertz CT molecular complexity index is 538. The quantitative estimate of drug-likeness (QED) is 0.861. The van der Waals surface area contributed by atoms with E-state index in [9.17, 15) is 4.39 Å². The second-order valence-corrected chi connectivity index (χ2v) is 5.77. The van der Waals surface area contributed by atoms with Gasteiger partial charge in [-0.2, -0.15) is 11.3 Å². The van der Waals surface area contributed by atoms with E-state index in [-0.39, 0.29) is 11.9 Å². The summed E-state index contributed by atoms with van der Waals surface area (Å²) in [7, 11) is 0. The number of hydrogen-bond acceptors (Lipinski definition) is 2. The van der Waals surface area contributed by atoms with Gasteiger partial charge in [-0.3, -0.25) is 0 Å². The molecule has 0 saturated heterocycles. The molecule has 1 N–H and O–H groups in total. The number of hydrogen-bond donors (Lipinski definition) is 1. The van der Waals surface area contributed by atoms with Crippen molar-refractivity contribution < 1.29 is 4.39 Å². The molecule has 1 aromatic heterocycles. The van der Waals surface area contributed by atoms with Crippen LogP contribution in [0.5, 0.6) is 0 Å². The molecule has 1 unspecified atom stereocenters. The zero-order chi connectivity index (χ0) is 13.1. The van der Waals surface area contributed by atoms with Crippen molar-refractivity contribution in [3.05, 3.63) is 55.9 Å². The SMILES string of the molecule is CCNC(c1ccc(F)c(C)c1)c1cscc1Br. The highest BCUT2D eigenvalue weighted by atomic mass is 79.9. The van der Waals surface area contributed by atoms with Crippen LogP contribution < -0.4 is 5.32 Å². The molecule has 1 aromatic carbocycles. The molecule has 0 bridgehead atoms. The summed E-state index contributed by atoms with van der Waals surface area (Å²) in [6.45, 7) is 4.73. The Morgan fingerprint density at radius 3 is 2.72 bits per heavy atom. The van der Waals surface area contributed by atoms with Gasteiger partial charge in [0.25, 0.3) is 0 Å². The number of thiophene rings is 1. The molecule has 0 aliphatic heterocycles. The van der Waals surface area contributed by atoms with Crippen LogP contribution in [0.15, 0.2) is 33.4 Å². The Balaban J connectivity index is 2.41. The molecule has 18 heavy (non-hydrogen) atoms. The lowest BCUT2D eigenvalue weighted by Crippen LogP contribution is -2.22. The number of halogens is 2. The molecule has 1 atom stereocenters. The summed E-state index contributed by atoms with van der Waals surface area (Å²) in [5.74, 6) is -0.154. The first-order chi connectivity index (χ1) is 8.63. The molecule has 0 amide bonds. The van der Waals surface area contributed by atoms with Gasteiger partial charge in [-0.05, 0) is 57.5 Å². The van der Waals surface area contributed by atoms with Gasteiger partial charge >= 0.3 is 0 Å². The third-order valence-corrected chi connectivity index (χ3v) is 4.63. The fraction of sp³-hybridized carbons (Fsp3) is 0.286. The van der Waals surface area contributed by atoms with E-state index in [1.54, 1.807) is 18.3 Å². The van der Waals surface area contributed by atoms with E-state index in [1.807, 2.05) is 12.1 Å². The average Bonchev–Trinajstić information content (AvgIpc) is 2.76. The molecule has 0 saturated carbocycles. The number of rotatable bonds is 4. The first-order valence-electron chi connectivity index (χ1n) is 5.84. The fourth-order valence-corrected chi connectivity index (χ4v) is 3.51. The maximum absolute atomic E-state index is 13.3. The molecule has 2 aromatic rings. The van der Waals surface area contributed by atoms with Crippen LogP contribution in [-0.2, 0) is 0 Å². The summed E-state index contributed by atoms with van der Waals surface area (Å²) < 4.78 is 14.4. The molecular formula is C14H15BrFNS. The summed E-state index contributed by atoms with van der Waals surface area (Å²) in [6.07, 6.45) is 0. The van der Waals surface area contributed by atoms with Gasteiger partial charge in [-0.25, -0.2) is 4.39 Å². The lowest BCUT2D eigenvalue weighted by molar-refractivity contribution is 0.606. The number of benzene rings is 1. The van der Waals surface area contributed by atoms with Crippen molar-refractivity contribution in [2.24, 2.45) is 0 Å². The van der Waals surface area contributed by atoms with Crippen LogP contribution in [0.2, 0.25) is 0 Å². The maximum atomic E-state index is 13.3. The molecule has 1 nitrogen and oxygen atoms in total. The Kier molecular flexibility index (Phi) is 4.54. The predicted molar refractivity (Wildman–Crippen MR) is 78.7 cm³/mol. The van der Waals surface area contributed by atoms with Crippen molar-refractivity contribution in [2.75, 3.05) is 6.54 Å². The monoisotopic (exact) mass is 327 g/mol. The van der Waals surface area contributed by atoms with Gasteiger partial charge in [0.05, 0.1) is 6.04 Å². The molecule has 0 aliphatic rings. The minimum atomic E-state index is -0.154. The van der Waals surface area contributed by atoms with Crippen LogP contribution in [-0.4, -0.2) is 6.54 Å². The van der Waals surface area contributed by atoms with E-state index in [1.165, 1.54) is 11.6 Å². The van der Waals surface area contributed by atoms with E-state index in [0.29, 0.717) is 5.56 Å². The van der Waals surface area contributed by atoms with E-state index < -0.39 is 0 Å². The first-order valence-corrected chi connectivity index (χ1v) is 7.58. The molecule has 0 fully saturated rings. The van der Waals surface area contributed by atoms with Gasteiger partial charge in [0.2, 0.25) is 0 Å². The zero-order valence-corrected chi connectivity index (χ0v) is 12.7. The molecule has 1 heterocycles. The van der Waals surface area contributed by atoms with Gasteiger partial charge in [0.1, 0.15) is 5.82 Å². The zero-order valence-electron chi connectivity index (χ0n) is 10.3. The van der Waals surface area contributed by atoms with Crippen LogP contribution in [0.4, 0.5) is 4.39 Å². The van der Waals surface area contributed by atoms with Crippen molar-refractivity contribution >= 4 is 27.3 Å². The van der Waals surface area contributed by atoms with E-state index in [4.69, 9.17) is 0 Å². The van der Waals surface area contributed by atoms with Gasteiger partial charge in [-0.1, -0.05) is 19.1 Å². The van der Waals surface area contributed by atoms with Gasteiger partial charge in [-0.15, -0.1) is 0 Å². The molecular weight excluding hydrogens is 313 g/mol. The highest BCUT2D eigenvalue weighted by Crippen LogP contribution is 2.32. The lowest BCUT2D eigenvalue weighted by atomic mass is 9.99. The average molecular weight is 328 g/mol. The smallest absolute Gasteiger partial charge is 0.126 e. The summed E-state index contributed by atoms with van der Waals surface area (Å²) in [6, 6.07) is 5.40. The topological polar surface area (TPSA) is 12.0 Å². The molecule has 4 heteroatoms. The fourth-order valence-electron chi connectivity index (χ4n) is 1.96. The van der Waals surface area contributed by atoms with Crippen molar-refractivity contribution in [1.82, 2.24) is 5.32 Å². The summed E-state index contributed by atoms with van der Waals surface area (Å²) >= 11 is 5.22. The summed E-state index contributed by atoms with van der Waals surface area (Å²) in [5.41, 5.74) is 2.98. The van der Waals surface area contributed by atoms with Gasteiger partial charge in [0, 0.05) is 9.85 Å². The second-order valence-electron chi connectivity index (χ2n) is 4.17. The van der Waals surface area contributed by atoms with Crippen LogP contribution in [0.3, 0.4) is 0 Å². The molecule has 0 aliphatic carbocycles. The van der Waals surface area contributed by atoms with E-state index >= 15 is 0 Å². The molecule has 0 spiro atoms. The first kappa shape index (κ1) is 13.7. The second kappa shape index (κ2) is 5.95. The number of nitrogens with one attached hydrogen (secondary N) is 1. The van der Waals surface area contributed by atoms with Crippen molar-refractivity contribution in [3.63, 3.8) is 0 Å². The maximum Gasteiger partial charge on any atom is 0.126 e. The van der Waals surface area contributed by atoms with Crippen molar-refractivity contribution in [2.45, 2.75) is 19.9 Å². The molecule has 2 rings (SSSR count). The van der Waals surface area contributed by atoms with Gasteiger partial charge < -0.3 is 5.32 Å².